The maximum atomic E-state index is 12.2. The fourth-order valence-electron chi connectivity index (χ4n) is 2.43. The highest BCUT2D eigenvalue weighted by atomic mass is 16.6. The molecule has 1 unspecified atom stereocenters. The van der Waals surface area contributed by atoms with E-state index < -0.39 is 5.60 Å². The first-order valence-corrected chi connectivity index (χ1v) is 7.41. The number of carbonyl (C=O) groups is 2. The molecule has 116 valence electrons. The smallest absolute Gasteiger partial charge is 0.323 e. The summed E-state index contributed by atoms with van der Waals surface area (Å²) in [7, 11) is 0. The van der Waals surface area contributed by atoms with Gasteiger partial charge < -0.3 is 10.1 Å². The van der Waals surface area contributed by atoms with Crippen molar-refractivity contribution in [2.75, 3.05) is 6.54 Å². The Kier molecular flexibility index (Phi) is 5.57. The summed E-state index contributed by atoms with van der Waals surface area (Å²) in [5.41, 5.74) is -0.491. The molecule has 0 aromatic heterocycles. The zero-order valence-electron chi connectivity index (χ0n) is 13.5. The Hall–Kier alpha value is -1.10. The van der Waals surface area contributed by atoms with Gasteiger partial charge in [0.2, 0.25) is 5.91 Å². The minimum atomic E-state index is -0.491. The van der Waals surface area contributed by atoms with Crippen molar-refractivity contribution in [1.82, 2.24) is 10.2 Å². The third kappa shape index (κ3) is 4.78. The maximum Gasteiger partial charge on any atom is 0.323 e. The summed E-state index contributed by atoms with van der Waals surface area (Å²) in [6.07, 6.45) is 1.68. The SMILES string of the molecule is CC(C)NC(=O)C(C)N1CCC[C@H]1C(=O)OC(C)(C)C. The first-order chi connectivity index (χ1) is 9.11. The lowest BCUT2D eigenvalue weighted by molar-refractivity contribution is -0.161. The van der Waals surface area contributed by atoms with Gasteiger partial charge >= 0.3 is 5.97 Å². The average molecular weight is 284 g/mol. The van der Waals surface area contributed by atoms with E-state index in [-0.39, 0.29) is 30.0 Å². The molecule has 2 atom stereocenters. The second-order valence-corrected chi connectivity index (χ2v) is 6.77. The Morgan fingerprint density at radius 3 is 2.35 bits per heavy atom. The standard InChI is InChI=1S/C15H28N2O3/c1-10(2)16-13(18)11(3)17-9-7-8-12(17)14(19)20-15(4,5)6/h10-12H,7-9H2,1-6H3,(H,16,18)/t11?,12-/m0/s1. The molecule has 0 bridgehead atoms. The summed E-state index contributed by atoms with van der Waals surface area (Å²) in [5, 5.41) is 2.89. The van der Waals surface area contributed by atoms with Crippen LogP contribution in [0.2, 0.25) is 0 Å². The Balaban J connectivity index is 2.69. The van der Waals surface area contributed by atoms with Gasteiger partial charge in [-0.05, 0) is 60.9 Å². The summed E-state index contributed by atoms with van der Waals surface area (Å²) < 4.78 is 5.45. The van der Waals surface area contributed by atoms with Crippen LogP contribution in [0.3, 0.4) is 0 Å². The molecule has 1 amide bonds. The van der Waals surface area contributed by atoms with Gasteiger partial charge in [-0.3, -0.25) is 14.5 Å². The zero-order chi connectivity index (χ0) is 15.5. The van der Waals surface area contributed by atoms with E-state index in [1.807, 2.05) is 46.4 Å². The second kappa shape index (κ2) is 6.57. The van der Waals surface area contributed by atoms with Gasteiger partial charge in [0.15, 0.2) is 0 Å². The molecule has 0 aromatic carbocycles. The summed E-state index contributed by atoms with van der Waals surface area (Å²) in [6.45, 7) is 12.0. The van der Waals surface area contributed by atoms with Crippen molar-refractivity contribution >= 4 is 11.9 Å². The number of carbonyl (C=O) groups excluding carboxylic acids is 2. The van der Waals surface area contributed by atoms with Crippen LogP contribution in [0.1, 0.15) is 54.4 Å². The van der Waals surface area contributed by atoms with E-state index in [2.05, 4.69) is 5.32 Å². The van der Waals surface area contributed by atoms with Crippen molar-refractivity contribution in [2.45, 2.75) is 78.1 Å². The molecule has 0 radical (unpaired) electrons. The van der Waals surface area contributed by atoms with E-state index in [0.717, 1.165) is 19.4 Å². The van der Waals surface area contributed by atoms with Crippen molar-refractivity contribution in [3.8, 4) is 0 Å². The minimum Gasteiger partial charge on any atom is -0.459 e. The fourth-order valence-corrected chi connectivity index (χ4v) is 2.43. The molecule has 1 aliphatic heterocycles. The highest BCUT2D eigenvalue weighted by molar-refractivity contribution is 5.83. The quantitative estimate of drug-likeness (QED) is 0.798. The minimum absolute atomic E-state index is 0.0320. The van der Waals surface area contributed by atoms with Crippen LogP contribution in [0.4, 0.5) is 0 Å². The van der Waals surface area contributed by atoms with Gasteiger partial charge in [0.1, 0.15) is 11.6 Å². The molecule has 5 nitrogen and oxygen atoms in total. The number of ether oxygens (including phenoxy) is 1. The number of amides is 1. The Labute approximate surface area is 122 Å². The van der Waals surface area contributed by atoms with Crippen molar-refractivity contribution in [2.24, 2.45) is 0 Å². The van der Waals surface area contributed by atoms with E-state index in [1.54, 1.807) is 0 Å². The number of rotatable bonds is 4. The topological polar surface area (TPSA) is 58.6 Å². The van der Waals surface area contributed by atoms with Gasteiger partial charge in [0.25, 0.3) is 0 Å². The van der Waals surface area contributed by atoms with E-state index >= 15 is 0 Å². The van der Waals surface area contributed by atoms with Crippen molar-refractivity contribution < 1.29 is 14.3 Å². The van der Waals surface area contributed by atoms with Gasteiger partial charge in [0.05, 0.1) is 6.04 Å². The first-order valence-electron chi connectivity index (χ1n) is 7.41. The highest BCUT2D eigenvalue weighted by Gasteiger charge is 2.38. The summed E-state index contributed by atoms with van der Waals surface area (Å²) >= 11 is 0. The van der Waals surface area contributed by atoms with Gasteiger partial charge in [-0.25, -0.2) is 0 Å². The molecule has 1 N–H and O–H groups in total. The van der Waals surface area contributed by atoms with Gasteiger partial charge in [-0.1, -0.05) is 0 Å². The maximum absolute atomic E-state index is 12.2. The molecule has 0 aromatic rings. The molecular formula is C15H28N2O3. The van der Waals surface area contributed by atoms with E-state index in [4.69, 9.17) is 4.74 Å². The van der Waals surface area contributed by atoms with E-state index in [9.17, 15) is 9.59 Å². The predicted molar refractivity (Wildman–Crippen MR) is 78.3 cm³/mol. The molecule has 0 spiro atoms. The average Bonchev–Trinajstić information content (AvgIpc) is 2.73. The van der Waals surface area contributed by atoms with Crippen LogP contribution < -0.4 is 5.32 Å². The van der Waals surface area contributed by atoms with Gasteiger partial charge in [0, 0.05) is 6.04 Å². The fraction of sp³-hybridized carbons (Fsp3) is 0.867. The zero-order valence-corrected chi connectivity index (χ0v) is 13.5. The van der Waals surface area contributed by atoms with Crippen LogP contribution in [-0.2, 0) is 14.3 Å². The molecule has 1 rings (SSSR count). The Morgan fingerprint density at radius 2 is 1.85 bits per heavy atom. The molecule has 1 aliphatic rings. The normalized spacial score (nSPS) is 21.9. The van der Waals surface area contributed by atoms with Crippen molar-refractivity contribution in [3.05, 3.63) is 0 Å². The predicted octanol–water partition coefficient (Wildman–Crippen LogP) is 1.71. The van der Waals surface area contributed by atoms with Crippen LogP contribution in [0.25, 0.3) is 0 Å². The third-order valence-electron chi connectivity index (χ3n) is 3.28. The monoisotopic (exact) mass is 284 g/mol. The van der Waals surface area contributed by atoms with Crippen molar-refractivity contribution in [1.29, 1.82) is 0 Å². The lowest BCUT2D eigenvalue weighted by atomic mass is 10.1. The van der Waals surface area contributed by atoms with E-state index in [1.165, 1.54) is 0 Å². The largest absolute Gasteiger partial charge is 0.459 e. The Bertz CT molecular complexity index is 361. The summed E-state index contributed by atoms with van der Waals surface area (Å²) in [6, 6.07) is -0.507. The second-order valence-electron chi connectivity index (χ2n) is 6.77. The number of nitrogens with one attached hydrogen (secondary N) is 1. The number of hydrogen-bond acceptors (Lipinski definition) is 4. The summed E-state index contributed by atoms with van der Waals surface area (Å²) in [5.74, 6) is -0.255. The van der Waals surface area contributed by atoms with Crippen molar-refractivity contribution in [3.63, 3.8) is 0 Å². The van der Waals surface area contributed by atoms with Crippen LogP contribution in [-0.4, -0.2) is 47.0 Å². The number of hydrogen-bond donors (Lipinski definition) is 1. The molecule has 5 heteroatoms. The number of esters is 1. The molecule has 1 saturated heterocycles. The third-order valence-corrected chi connectivity index (χ3v) is 3.28. The molecular weight excluding hydrogens is 256 g/mol. The lowest BCUT2D eigenvalue weighted by Crippen LogP contribution is -2.51. The lowest BCUT2D eigenvalue weighted by Gasteiger charge is -2.31. The number of likely N-dealkylation sites (tertiary alicyclic amines) is 1. The van der Waals surface area contributed by atoms with E-state index in [0.29, 0.717) is 0 Å². The van der Waals surface area contributed by atoms with Crippen LogP contribution in [0.5, 0.6) is 0 Å². The molecule has 20 heavy (non-hydrogen) atoms. The molecule has 1 fully saturated rings. The van der Waals surface area contributed by atoms with Crippen LogP contribution in [0.15, 0.2) is 0 Å². The molecule has 1 heterocycles. The summed E-state index contributed by atoms with van der Waals surface area (Å²) in [4.78, 5) is 26.3. The van der Waals surface area contributed by atoms with Gasteiger partial charge in [-0.2, -0.15) is 0 Å². The Morgan fingerprint density at radius 1 is 1.25 bits per heavy atom. The van der Waals surface area contributed by atoms with Gasteiger partial charge in [-0.15, -0.1) is 0 Å². The highest BCUT2D eigenvalue weighted by Crippen LogP contribution is 2.23. The number of nitrogens with zero attached hydrogens (tertiary/aromatic N) is 1. The van der Waals surface area contributed by atoms with Crippen LogP contribution in [0, 0.1) is 0 Å². The van der Waals surface area contributed by atoms with Crippen LogP contribution >= 0.6 is 0 Å². The molecule has 0 aliphatic carbocycles. The first kappa shape index (κ1) is 17.0. The molecule has 0 saturated carbocycles.